The third kappa shape index (κ3) is 2.68. The molecular formula is C23H32ClNO3. The lowest BCUT2D eigenvalue weighted by atomic mass is 9.49. The number of methoxy groups -OCH3 is 2. The van der Waals surface area contributed by atoms with Gasteiger partial charge in [0, 0.05) is 38.0 Å². The zero-order valence-electron chi connectivity index (χ0n) is 17.0. The molecule has 0 radical (unpaired) electrons. The SMILES string of the molecule is COc1ccc2c(c1)[C@]13CCN(CC4CCC4)[C@H](C2)[C@]1(OC)CCC(=O)C3.Cl. The lowest BCUT2D eigenvalue weighted by Gasteiger charge is -2.65. The second kappa shape index (κ2) is 7.30. The van der Waals surface area contributed by atoms with Crippen molar-refractivity contribution in [1.82, 2.24) is 4.90 Å². The predicted molar refractivity (Wildman–Crippen MR) is 112 cm³/mol. The highest BCUT2D eigenvalue weighted by Crippen LogP contribution is 2.59. The number of halogens is 1. The van der Waals surface area contributed by atoms with E-state index in [4.69, 9.17) is 9.47 Å². The number of fused-ring (bicyclic) bond motifs is 1. The van der Waals surface area contributed by atoms with Gasteiger partial charge in [0.25, 0.3) is 0 Å². The van der Waals surface area contributed by atoms with E-state index < -0.39 is 0 Å². The van der Waals surface area contributed by atoms with Gasteiger partial charge in [-0.3, -0.25) is 9.69 Å². The molecule has 3 atom stereocenters. The highest BCUT2D eigenvalue weighted by atomic mass is 35.5. The van der Waals surface area contributed by atoms with Gasteiger partial charge in [0.2, 0.25) is 0 Å². The molecule has 154 valence electrons. The van der Waals surface area contributed by atoms with Gasteiger partial charge in [-0.2, -0.15) is 0 Å². The third-order valence-corrected chi connectivity index (χ3v) is 8.22. The first kappa shape index (κ1) is 20.2. The molecule has 2 saturated carbocycles. The van der Waals surface area contributed by atoms with Gasteiger partial charge in [0.1, 0.15) is 11.5 Å². The number of piperidine rings is 1. The van der Waals surface area contributed by atoms with E-state index in [0.29, 0.717) is 24.7 Å². The van der Waals surface area contributed by atoms with Crippen LogP contribution in [0.3, 0.4) is 0 Å². The van der Waals surface area contributed by atoms with Gasteiger partial charge in [-0.1, -0.05) is 12.5 Å². The molecule has 28 heavy (non-hydrogen) atoms. The van der Waals surface area contributed by atoms with Crippen molar-refractivity contribution in [3.63, 3.8) is 0 Å². The van der Waals surface area contributed by atoms with Gasteiger partial charge < -0.3 is 9.47 Å². The Morgan fingerprint density at radius 2 is 2.04 bits per heavy atom. The molecule has 3 fully saturated rings. The number of likely N-dealkylation sites (tertiary alicyclic amines) is 1. The molecule has 3 aliphatic carbocycles. The summed E-state index contributed by atoms with van der Waals surface area (Å²) in [5.41, 5.74) is 2.26. The van der Waals surface area contributed by atoms with Crippen LogP contribution in [-0.4, -0.2) is 49.6 Å². The number of Topliss-reactive ketones (excluding diaryl/α,β-unsaturated/α-hetero) is 1. The van der Waals surface area contributed by atoms with Crippen LogP contribution in [0.2, 0.25) is 0 Å². The minimum absolute atomic E-state index is 0. The van der Waals surface area contributed by atoms with E-state index in [1.807, 2.05) is 7.11 Å². The van der Waals surface area contributed by atoms with Crippen LogP contribution in [-0.2, 0) is 21.4 Å². The highest BCUT2D eigenvalue weighted by Gasteiger charge is 2.65. The summed E-state index contributed by atoms with van der Waals surface area (Å²) in [6, 6.07) is 6.88. The number of hydrogen-bond donors (Lipinski definition) is 0. The van der Waals surface area contributed by atoms with Crippen LogP contribution in [0.25, 0.3) is 0 Å². The van der Waals surface area contributed by atoms with Crippen molar-refractivity contribution in [2.75, 3.05) is 27.3 Å². The molecule has 1 aliphatic heterocycles. The van der Waals surface area contributed by atoms with Gasteiger partial charge in [-0.15, -0.1) is 12.4 Å². The molecule has 0 amide bonds. The third-order valence-electron chi connectivity index (χ3n) is 8.22. The first-order valence-corrected chi connectivity index (χ1v) is 10.6. The molecule has 1 saturated heterocycles. The summed E-state index contributed by atoms with van der Waals surface area (Å²) in [7, 11) is 3.61. The molecule has 1 aromatic carbocycles. The molecule has 5 heteroatoms. The Kier molecular flexibility index (Phi) is 5.26. The standard InChI is InChI=1S/C23H31NO3.ClH/c1-26-19-7-6-17-12-21-23(27-2)9-8-18(25)14-22(23,20(17)13-19)10-11-24(21)15-16-4-3-5-16;/h6-7,13,16,21H,3-5,8-12,14-15H2,1-2H3;1H/t21-,22-,23-;/m1./s1. The van der Waals surface area contributed by atoms with Gasteiger partial charge in [-0.05, 0) is 67.8 Å². The number of ketones is 1. The minimum Gasteiger partial charge on any atom is -0.497 e. The number of ether oxygens (including phenoxy) is 2. The zero-order chi connectivity index (χ0) is 18.6. The molecule has 0 aromatic heterocycles. The Balaban J connectivity index is 0.00000192. The molecule has 0 spiro atoms. The van der Waals surface area contributed by atoms with E-state index in [-0.39, 0.29) is 23.4 Å². The normalized spacial score (nSPS) is 34.6. The average Bonchev–Trinajstić information content (AvgIpc) is 2.65. The van der Waals surface area contributed by atoms with Gasteiger partial charge in [0.15, 0.2) is 0 Å². The zero-order valence-corrected chi connectivity index (χ0v) is 17.9. The average molecular weight is 406 g/mol. The Morgan fingerprint density at radius 1 is 1.21 bits per heavy atom. The van der Waals surface area contributed by atoms with Crippen molar-refractivity contribution in [2.24, 2.45) is 5.92 Å². The van der Waals surface area contributed by atoms with Crippen molar-refractivity contribution in [3.8, 4) is 5.75 Å². The van der Waals surface area contributed by atoms with Crippen molar-refractivity contribution in [1.29, 1.82) is 0 Å². The van der Waals surface area contributed by atoms with E-state index >= 15 is 0 Å². The summed E-state index contributed by atoms with van der Waals surface area (Å²) in [5.74, 6) is 2.14. The Morgan fingerprint density at radius 3 is 2.71 bits per heavy atom. The second-order valence-corrected chi connectivity index (χ2v) is 9.18. The van der Waals surface area contributed by atoms with Crippen molar-refractivity contribution in [3.05, 3.63) is 29.3 Å². The maximum absolute atomic E-state index is 12.6. The van der Waals surface area contributed by atoms with Crippen LogP contribution in [0.5, 0.6) is 5.75 Å². The van der Waals surface area contributed by atoms with E-state index in [1.54, 1.807) is 7.11 Å². The molecular weight excluding hydrogens is 374 g/mol. The molecule has 1 aromatic rings. The molecule has 1 heterocycles. The molecule has 5 rings (SSSR count). The van der Waals surface area contributed by atoms with Gasteiger partial charge in [-0.25, -0.2) is 0 Å². The number of rotatable bonds is 4. The van der Waals surface area contributed by atoms with E-state index in [9.17, 15) is 4.79 Å². The fraction of sp³-hybridized carbons (Fsp3) is 0.696. The van der Waals surface area contributed by atoms with Gasteiger partial charge >= 0.3 is 0 Å². The minimum atomic E-state index is -0.248. The summed E-state index contributed by atoms with van der Waals surface area (Å²) in [4.78, 5) is 15.4. The largest absolute Gasteiger partial charge is 0.497 e. The monoisotopic (exact) mass is 405 g/mol. The van der Waals surface area contributed by atoms with E-state index in [0.717, 1.165) is 37.5 Å². The Hall–Kier alpha value is -1.10. The summed E-state index contributed by atoms with van der Waals surface area (Å²) < 4.78 is 12.0. The number of nitrogens with zero attached hydrogens (tertiary/aromatic N) is 1. The summed E-state index contributed by atoms with van der Waals surface area (Å²) >= 11 is 0. The number of benzene rings is 1. The number of carbonyl (C=O) groups excluding carboxylic acids is 1. The smallest absolute Gasteiger partial charge is 0.134 e. The van der Waals surface area contributed by atoms with Crippen molar-refractivity contribution in [2.45, 2.75) is 68.4 Å². The predicted octanol–water partition coefficient (Wildman–Crippen LogP) is 3.92. The van der Waals surface area contributed by atoms with Crippen LogP contribution < -0.4 is 4.74 Å². The summed E-state index contributed by atoms with van der Waals surface area (Å²) in [6.07, 6.45) is 8.30. The summed E-state index contributed by atoms with van der Waals surface area (Å²) in [5, 5.41) is 0. The van der Waals surface area contributed by atoms with Crippen LogP contribution in [0.1, 0.15) is 56.1 Å². The lowest BCUT2D eigenvalue weighted by molar-refractivity contribution is -0.189. The summed E-state index contributed by atoms with van der Waals surface area (Å²) in [6.45, 7) is 2.28. The quantitative estimate of drug-likeness (QED) is 0.760. The van der Waals surface area contributed by atoms with Crippen molar-refractivity contribution >= 4 is 18.2 Å². The van der Waals surface area contributed by atoms with E-state index in [2.05, 4.69) is 23.1 Å². The van der Waals surface area contributed by atoms with Crippen LogP contribution in [0.15, 0.2) is 18.2 Å². The van der Waals surface area contributed by atoms with Crippen molar-refractivity contribution < 1.29 is 14.3 Å². The Bertz CT molecular complexity index is 764. The highest BCUT2D eigenvalue weighted by molar-refractivity contribution is 5.85. The molecule has 4 aliphatic rings. The lowest BCUT2D eigenvalue weighted by Crippen LogP contribution is -2.74. The molecule has 4 nitrogen and oxygen atoms in total. The second-order valence-electron chi connectivity index (χ2n) is 9.18. The van der Waals surface area contributed by atoms with Crippen LogP contribution in [0, 0.1) is 5.92 Å². The Labute approximate surface area is 174 Å². The topological polar surface area (TPSA) is 38.8 Å². The first-order chi connectivity index (χ1) is 13.1. The molecule has 0 N–H and O–H groups in total. The number of hydrogen-bond acceptors (Lipinski definition) is 4. The maximum atomic E-state index is 12.6. The fourth-order valence-corrected chi connectivity index (χ4v) is 6.63. The first-order valence-electron chi connectivity index (χ1n) is 10.6. The molecule has 0 unspecified atom stereocenters. The number of carbonyl (C=O) groups is 1. The van der Waals surface area contributed by atoms with Gasteiger partial charge in [0.05, 0.1) is 12.7 Å². The molecule has 2 bridgehead atoms. The van der Waals surface area contributed by atoms with E-state index in [1.165, 1.54) is 36.9 Å². The fourth-order valence-electron chi connectivity index (χ4n) is 6.63. The van der Waals surface area contributed by atoms with Crippen LogP contribution in [0.4, 0.5) is 0 Å². The maximum Gasteiger partial charge on any atom is 0.134 e. The van der Waals surface area contributed by atoms with Crippen LogP contribution >= 0.6 is 12.4 Å².